The molecular weight excluding hydrogens is 490 g/mol. The number of rotatable bonds is 8. The van der Waals surface area contributed by atoms with Crippen LogP contribution in [0.25, 0.3) is 11.9 Å². The standard InChI is InChI=1S/C24H30F2N8O.ClH/c1-17-18(16-28-34(17)23-15-22(29-24(27)30-23)31(2)10-11-35)4-3-5-32-6-8-33(9-7-32)21-13-19(25)12-20(26)14-21;/h3-4,12-16,35H,5-11H2,1-2H3,(H2,27,29,30);1H/b4-3+;. The average molecular weight is 521 g/mol. The topological polar surface area (TPSA) is 99.6 Å². The molecule has 194 valence electrons. The van der Waals surface area contributed by atoms with Crippen LogP contribution in [0.3, 0.4) is 0 Å². The number of nitrogen functional groups attached to an aromatic ring is 1. The van der Waals surface area contributed by atoms with Crippen LogP contribution in [-0.4, -0.2) is 82.7 Å². The number of piperazine rings is 1. The van der Waals surface area contributed by atoms with Gasteiger partial charge in [0.05, 0.1) is 18.5 Å². The summed E-state index contributed by atoms with van der Waals surface area (Å²) in [4.78, 5) is 14.6. The Kier molecular flexibility index (Phi) is 9.19. The number of anilines is 3. The molecule has 9 nitrogen and oxygen atoms in total. The molecule has 3 aromatic rings. The third kappa shape index (κ3) is 6.48. The van der Waals surface area contributed by atoms with Crippen molar-refractivity contribution < 1.29 is 13.9 Å². The van der Waals surface area contributed by atoms with Crippen LogP contribution in [0.15, 0.2) is 36.5 Å². The van der Waals surface area contributed by atoms with Gasteiger partial charge in [-0.1, -0.05) is 12.2 Å². The van der Waals surface area contributed by atoms with Gasteiger partial charge in [-0.15, -0.1) is 12.4 Å². The van der Waals surface area contributed by atoms with Gasteiger partial charge in [0.1, 0.15) is 17.5 Å². The quantitative estimate of drug-likeness (QED) is 0.467. The van der Waals surface area contributed by atoms with Gasteiger partial charge in [0.25, 0.3) is 0 Å². The molecule has 4 rings (SSSR count). The first-order valence-corrected chi connectivity index (χ1v) is 11.5. The molecule has 0 bridgehead atoms. The van der Waals surface area contributed by atoms with Crippen molar-refractivity contribution in [3.05, 3.63) is 59.4 Å². The van der Waals surface area contributed by atoms with E-state index >= 15 is 0 Å². The number of aromatic nitrogens is 4. The molecule has 0 aliphatic carbocycles. The summed E-state index contributed by atoms with van der Waals surface area (Å²) in [5, 5.41) is 13.7. The molecule has 0 saturated carbocycles. The molecular formula is C24H31ClF2N8O. The highest BCUT2D eigenvalue weighted by molar-refractivity contribution is 5.85. The lowest BCUT2D eigenvalue weighted by atomic mass is 10.2. The number of aliphatic hydroxyl groups excluding tert-OH is 1. The molecule has 0 amide bonds. The molecule has 36 heavy (non-hydrogen) atoms. The van der Waals surface area contributed by atoms with E-state index in [1.807, 2.05) is 24.9 Å². The molecule has 0 atom stereocenters. The smallest absolute Gasteiger partial charge is 0.224 e. The first-order valence-electron chi connectivity index (χ1n) is 11.5. The van der Waals surface area contributed by atoms with Crippen LogP contribution in [0.4, 0.5) is 26.2 Å². The average Bonchev–Trinajstić information content (AvgIpc) is 3.19. The van der Waals surface area contributed by atoms with Crippen molar-refractivity contribution in [1.29, 1.82) is 0 Å². The van der Waals surface area contributed by atoms with Crippen molar-refractivity contribution in [3.63, 3.8) is 0 Å². The molecule has 0 spiro atoms. The first-order chi connectivity index (χ1) is 16.8. The SMILES string of the molecule is Cc1c(/C=C/CN2CCN(c3cc(F)cc(F)c3)CC2)cnn1-c1cc(N(C)CCO)nc(N)n1.Cl. The Balaban J connectivity index is 0.00000361. The maximum Gasteiger partial charge on any atom is 0.224 e. The van der Waals surface area contributed by atoms with Gasteiger partial charge >= 0.3 is 0 Å². The minimum Gasteiger partial charge on any atom is -0.395 e. The van der Waals surface area contributed by atoms with Crippen molar-refractivity contribution >= 4 is 35.9 Å². The lowest BCUT2D eigenvalue weighted by Crippen LogP contribution is -2.46. The largest absolute Gasteiger partial charge is 0.395 e. The fourth-order valence-corrected chi connectivity index (χ4v) is 4.06. The Morgan fingerprint density at radius 3 is 2.44 bits per heavy atom. The van der Waals surface area contributed by atoms with E-state index < -0.39 is 11.6 Å². The fourth-order valence-electron chi connectivity index (χ4n) is 4.06. The minimum absolute atomic E-state index is 0. The molecule has 3 heterocycles. The summed E-state index contributed by atoms with van der Waals surface area (Å²) >= 11 is 0. The van der Waals surface area contributed by atoms with Crippen molar-refractivity contribution in [2.75, 3.05) is 68.5 Å². The van der Waals surface area contributed by atoms with Gasteiger partial charge in [0.2, 0.25) is 5.95 Å². The summed E-state index contributed by atoms with van der Waals surface area (Å²) in [5.41, 5.74) is 8.35. The Hall–Kier alpha value is -3.28. The zero-order valence-corrected chi connectivity index (χ0v) is 21.1. The number of nitrogens with zero attached hydrogens (tertiary/aromatic N) is 7. The molecule has 2 aromatic heterocycles. The van der Waals surface area contributed by atoms with E-state index in [9.17, 15) is 13.9 Å². The maximum atomic E-state index is 13.5. The van der Waals surface area contributed by atoms with E-state index in [0.29, 0.717) is 37.0 Å². The highest BCUT2D eigenvalue weighted by atomic mass is 35.5. The van der Waals surface area contributed by atoms with E-state index in [1.165, 1.54) is 12.1 Å². The monoisotopic (exact) mass is 520 g/mol. The Bertz CT molecular complexity index is 1180. The number of hydrogen-bond acceptors (Lipinski definition) is 8. The number of benzene rings is 1. The van der Waals surface area contributed by atoms with Crippen LogP contribution in [0, 0.1) is 18.6 Å². The van der Waals surface area contributed by atoms with Crippen molar-refractivity contribution in [3.8, 4) is 5.82 Å². The molecule has 1 fully saturated rings. The van der Waals surface area contributed by atoms with Gasteiger partial charge in [-0.2, -0.15) is 15.1 Å². The van der Waals surface area contributed by atoms with Crippen LogP contribution in [-0.2, 0) is 0 Å². The van der Waals surface area contributed by atoms with Gasteiger partial charge in [0, 0.05) is 69.7 Å². The second-order valence-corrected chi connectivity index (χ2v) is 8.50. The molecule has 0 unspecified atom stereocenters. The summed E-state index contributed by atoms with van der Waals surface area (Å²) in [7, 11) is 1.82. The predicted molar refractivity (Wildman–Crippen MR) is 140 cm³/mol. The second kappa shape index (κ2) is 12.1. The summed E-state index contributed by atoms with van der Waals surface area (Å²) in [5.74, 6) is 0.182. The normalized spacial score (nSPS) is 14.3. The van der Waals surface area contributed by atoms with E-state index in [0.717, 1.165) is 37.0 Å². The Labute approximate surface area is 215 Å². The number of halogens is 3. The Morgan fingerprint density at radius 1 is 1.08 bits per heavy atom. The summed E-state index contributed by atoms with van der Waals surface area (Å²) in [6.07, 6.45) is 5.88. The van der Waals surface area contributed by atoms with Gasteiger partial charge in [-0.25, -0.2) is 13.5 Å². The first kappa shape index (κ1) is 27.3. The molecule has 0 radical (unpaired) electrons. The van der Waals surface area contributed by atoms with Crippen LogP contribution in [0.2, 0.25) is 0 Å². The lowest BCUT2D eigenvalue weighted by Gasteiger charge is -2.35. The van der Waals surface area contributed by atoms with Gasteiger partial charge in [-0.05, 0) is 19.1 Å². The van der Waals surface area contributed by atoms with E-state index in [1.54, 1.807) is 21.8 Å². The third-order valence-corrected chi connectivity index (χ3v) is 6.05. The van der Waals surface area contributed by atoms with Gasteiger partial charge in [-0.3, -0.25) is 4.90 Å². The van der Waals surface area contributed by atoms with Crippen LogP contribution >= 0.6 is 12.4 Å². The molecule has 1 aliphatic rings. The van der Waals surface area contributed by atoms with E-state index in [4.69, 9.17) is 5.73 Å². The fraction of sp³-hybridized carbons (Fsp3) is 0.375. The zero-order chi connectivity index (χ0) is 24.9. The van der Waals surface area contributed by atoms with Gasteiger partial charge in [0.15, 0.2) is 5.82 Å². The number of likely N-dealkylation sites (N-methyl/N-ethyl adjacent to an activating group) is 1. The lowest BCUT2D eigenvalue weighted by molar-refractivity contribution is 0.284. The maximum absolute atomic E-state index is 13.5. The number of hydrogen-bond donors (Lipinski definition) is 2. The number of nitrogens with two attached hydrogens (primary N) is 1. The third-order valence-electron chi connectivity index (χ3n) is 6.05. The van der Waals surface area contributed by atoms with E-state index in [-0.39, 0.29) is 25.0 Å². The van der Waals surface area contributed by atoms with E-state index in [2.05, 4.69) is 26.0 Å². The molecule has 1 saturated heterocycles. The van der Waals surface area contributed by atoms with Gasteiger partial charge < -0.3 is 20.6 Å². The summed E-state index contributed by atoms with van der Waals surface area (Å²) < 4.78 is 28.8. The molecule has 3 N–H and O–H groups in total. The predicted octanol–water partition coefficient (Wildman–Crippen LogP) is 2.52. The second-order valence-electron chi connectivity index (χ2n) is 8.50. The van der Waals surface area contributed by atoms with Crippen molar-refractivity contribution in [1.82, 2.24) is 24.6 Å². The van der Waals surface area contributed by atoms with Crippen molar-refractivity contribution in [2.45, 2.75) is 6.92 Å². The zero-order valence-electron chi connectivity index (χ0n) is 20.3. The minimum atomic E-state index is -0.556. The molecule has 1 aliphatic heterocycles. The highest BCUT2D eigenvalue weighted by Gasteiger charge is 2.18. The van der Waals surface area contributed by atoms with Crippen LogP contribution in [0.1, 0.15) is 11.3 Å². The van der Waals surface area contributed by atoms with Crippen LogP contribution in [0.5, 0.6) is 0 Å². The summed E-state index contributed by atoms with van der Waals surface area (Å²) in [6, 6.07) is 5.42. The Morgan fingerprint density at radius 2 is 1.78 bits per heavy atom. The summed E-state index contributed by atoms with van der Waals surface area (Å²) in [6.45, 7) is 6.15. The molecule has 12 heteroatoms. The van der Waals surface area contributed by atoms with Crippen molar-refractivity contribution in [2.24, 2.45) is 0 Å². The highest BCUT2D eigenvalue weighted by Crippen LogP contribution is 2.21. The number of aliphatic hydroxyl groups is 1. The molecule has 1 aromatic carbocycles. The van der Waals surface area contributed by atoms with Crippen LogP contribution < -0.4 is 15.5 Å².